The van der Waals surface area contributed by atoms with Crippen molar-refractivity contribution in [3.05, 3.63) is 54.1 Å². The number of halogens is 2. The summed E-state index contributed by atoms with van der Waals surface area (Å²) in [7, 11) is 0. The fourth-order valence-electron chi connectivity index (χ4n) is 2.97. The molecule has 2 heterocycles. The highest BCUT2D eigenvalue weighted by molar-refractivity contribution is 6.45. The molecule has 1 N–H and O–H groups in total. The minimum Gasteiger partial charge on any atom is -0.395 e. The summed E-state index contributed by atoms with van der Waals surface area (Å²) in [4.78, 5) is 50.2. The van der Waals surface area contributed by atoms with Crippen LogP contribution in [0, 0.1) is 0 Å². The predicted molar refractivity (Wildman–Crippen MR) is 95.4 cm³/mol. The lowest BCUT2D eigenvalue weighted by atomic mass is 10.2. The quantitative estimate of drug-likeness (QED) is 0.589. The number of nitrogens with zero attached hydrogens (tertiary/aromatic N) is 2. The molecule has 0 aromatic heterocycles. The van der Waals surface area contributed by atoms with Gasteiger partial charge >= 0.3 is 24.1 Å². The Labute approximate surface area is 167 Å². The lowest BCUT2D eigenvalue weighted by molar-refractivity contribution is -0.286. The van der Waals surface area contributed by atoms with Crippen LogP contribution >= 0.6 is 0 Å². The van der Waals surface area contributed by atoms with Crippen molar-refractivity contribution in [2.24, 2.45) is 0 Å². The third-order valence-electron chi connectivity index (χ3n) is 4.31. The van der Waals surface area contributed by atoms with Crippen LogP contribution in [0.1, 0.15) is 5.56 Å². The molecule has 0 atom stereocenters. The van der Waals surface area contributed by atoms with Crippen LogP contribution in [0.5, 0.6) is 11.5 Å². The second kappa shape index (κ2) is 7.10. The fourth-order valence-corrected chi connectivity index (χ4v) is 2.97. The van der Waals surface area contributed by atoms with Crippen LogP contribution in [0.4, 0.5) is 19.3 Å². The van der Waals surface area contributed by atoms with E-state index in [0.717, 1.165) is 11.0 Å². The summed E-state index contributed by atoms with van der Waals surface area (Å²) < 4.78 is 34.7. The highest BCUT2D eigenvalue weighted by Gasteiger charge is 2.45. The SMILES string of the molecule is O=C(CN1C(=O)C(=O)N(Cc2ccccc2)C1=O)Nc1ccc2c(c1)OC(F)(F)O2. The van der Waals surface area contributed by atoms with Gasteiger partial charge in [0.2, 0.25) is 5.91 Å². The highest BCUT2D eigenvalue weighted by Crippen LogP contribution is 2.42. The minimum absolute atomic E-state index is 0.0756. The normalized spacial score (nSPS) is 16.9. The van der Waals surface area contributed by atoms with Gasteiger partial charge in [-0.3, -0.25) is 19.3 Å². The van der Waals surface area contributed by atoms with Crippen molar-refractivity contribution in [2.75, 3.05) is 11.9 Å². The second-order valence-corrected chi connectivity index (χ2v) is 6.43. The van der Waals surface area contributed by atoms with Gasteiger partial charge in [-0.2, -0.15) is 0 Å². The van der Waals surface area contributed by atoms with Crippen LogP contribution in [-0.2, 0) is 20.9 Å². The number of alkyl halides is 2. The van der Waals surface area contributed by atoms with Crippen LogP contribution in [-0.4, -0.2) is 46.4 Å². The van der Waals surface area contributed by atoms with Gasteiger partial charge in [-0.15, -0.1) is 8.78 Å². The smallest absolute Gasteiger partial charge is 0.395 e. The van der Waals surface area contributed by atoms with Crippen LogP contribution in [0.15, 0.2) is 48.5 Å². The van der Waals surface area contributed by atoms with E-state index < -0.39 is 36.6 Å². The highest BCUT2D eigenvalue weighted by atomic mass is 19.3. The lowest BCUT2D eigenvalue weighted by Crippen LogP contribution is -2.38. The minimum atomic E-state index is -3.80. The topological polar surface area (TPSA) is 105 Å². The summed E-state index contributed by atoms with van der Waals surface area (Å²) in [5.41, 5.74) is 0.710. The number of carbonyl (C=O) groups excluding carboxylic acids is 4. The Bertz CT molecular complexity index is 1060. The largest absolute Gasteiger partial charge is 0.586 e. The third kappa shape index (κ3) is 3.64. The number of nitrogens with one attached hydrogen (secondary N) is 1. The van der Waals surface area contributed by atoms with Gasteiger partial charge in [0.25, 0.3) is 0 Å². The van der Waals surface area contributed by atoms with Crippen molar-refractivity contribution < 1.29 is 37.4 Å². The van der Waals surface area contributed by atoms with E-state index >= 15 is 0 Å². The Kier molecular flexibility index (Phi) is 4.57. The number of hydrogen-bond acceptors (Lipinski definition) is 6. The number of urea groups is 1. The van der Waals surface area contributed by atoms with E-state index in [9.17, 15) is 28.0 Å². The predicted octanol–water partition coefficient (Wildman–Crippen LogP) is 1.94. The average Bonchev–Trinajstić information content (AvgIpc) is 3.11. The molecule has 11 heteroatoms. The molecule has 2 aliphatic rings. The van der Waals surface area contributed by atoms with Gasteiger partial charge in [-0.1, -0.05) is 30.3 Å². The summed E-state index contributed by atoms with van der Waals surface area (Å²) in [5.74, 6) is -3.46. The fraction of sp³-hybridized carbons (Fsp3) is 0.158. The van der Waals surface area contributed by atoms with Crippen molar-refractivity contribution in [3.8, 4) is 11.5 Å². The molecule has 2 aliphatic heterocycles. The van der Waals surface area contributed by atoms with Gasteiger partial charge in [-0.25, -0.2) is 9.69 Å². The first-order valence-corrected chi connectivity index (χ1v) is 8.64. The standard InChI is InChI=1S/C19H13F2N3O6/c20-19(21)29-13-7-6-12(8-14(13)30-19)22-15(25)10-24-17(27)16(26)23(18(24)28)9-11-4-2-1-3-5-11/h1-8H,9-10H2,(H,22,25). The van der Waals surface area contributed by atoms with Crippen LogP contribution in [0.3, 0.4) is 0 Å². The van der Waals surface area contributed by atoms with E-state index in [1.165, 1.54) is 12.1 Å². The molecular formula is C19H13F2N3O6. The summed E-state index contributed by atoms with van der Waals surface area (Å²) in [6, 6.07) is 11.2. The van der Waals surface area contributed by atoms with Gasteiger partial charge < -0.3 is 14.8 Å². The van der Waals surface area contributed by atoms with Gasteiger partial charge in [0, 0.05) is 11.8 Å². The molecule has 2 aromatic rings. The summed E-state index contributed by atoms with van der Waals surface area (Å²) >= 11 is 0. The van der Waals surface area contributed by atoms with Crippen molar-refractivity contribution in [1.29, 1.82) is 0 Å². The molecule has 1 saturated heterocycles. The molecule has 0 aliphatic carbocycles. The van der Waals surface area contributed by atoms with E-state index in [0.29, 0.717) is 10.5 Å². The van der Waals surface area contributed by atoms with Gasteiger partial charge in [0.05, 0.1) is 6.54 Å². The Morgan fingerprint density at radius 3 is 2.33 bits per heavy atom. The third-order valence-corrected chi connectivity index (χ3v) is 4.31. The van der Waals surface area contributed by atoms with E-state index in [1.54, 1.807) is 30.3 Å². The molecule has 9 nitrogen and oxygen atoms in total. The molecule has 0 saturated carbocycles. The number of hydrogen-bond donors (Lipinski definition) is 1. The molecule has 154 valence electrons. The molecule has 0 unspecified atom stereocenters. The summed E-state index contributed by atoms with van der Waals surface area (Å²) in [6.07, 6.45) is -3.80. The molecule has 0 bridgehead atoms. The number of benzene rings is 2. The zero-order valence-corrected chi connectivity index (χ0v) is 15.1. The van der Waals surface area contributed by atoms with E-state index in [-0.39, 0.29) is 23.7 Å². The number of ether oxygens (including phenoxy) is 2. The van der Waals surface area contributed by atoms with E-state index in [4.69, 9.17) is 0 Å². The molecular weight excluding hydrogens is 404 g/mol. The molecule has 4 rings (SSSR count). The Hall–Kier alpha value is -4.02. The Morgan fingerprint density at radius 2 is 1.60 bits per heavy atom. The monoisotopic (exact) mass is 417 g/mol. The van der Waals surface area contributed by atoms with Gasteiger partial charge in [-0.05, 0) is 17.7 Å². The molecule has 0 radical (unpaired) electrons. The Balaban J connectivity index is 1.42. The molecule has 2 aromatic carbocycles. The average molecular weight is 417 g/mol. The maximum absolute atomic E-state index is 13.1. The first kappa shape index (κ1) is 19.3. The van der Waals surface area contributed by atoms with Gasteiger partial charge in [0.15, 0.2) is 11.5 Å². The number of rotatable bonds is 5. The zero-order chi connectivity index (χ0) is 21.5. The van der Waals surface area contributed by atoms with Crippen molar-refractivity contribution >= 4 is 29.4 Å². The number of carbonyl (C=O) groups is 4. The van der Waals surface area contributed by atoms with Gasteiger partial charge in [0.1, 0.15) is 6.54 Å². The first-order valence-electron chi connectivity index (χ1n) is 8.64. The lowest BCUT2D eigenvalue weighted by Gasteiger charge is -2.15. The number of fused-ring (bicyclic) bond motifs is 1. The first-order chi connectivity index (χ1) is 14.2. The van der Waals surface area contributed by atoms with Crippen molar-refractivity contribution in [2.45, 2.75) is 12.8 Å². The number of anilines is 1. The number of amides is 5. The second-order valence-electron chi connectivity index (χ2n) is 6.43. The van der Waals surface area contributed by atoms with Crippen molar-refractivity contribution in [1.82, 2.24) is 9.80 Å². The maximum atomic E-state index is 13.1. The van der Waals surface area contributed by atoms with Crippen LogP contribution in [0.2, 0.25) is 0 Å². The molecule has 1 fully saturated rings. The number of imide groups is 2. The van der Waals surface area contributed by atoms with Crippen LogP contribution < -0.4 is 14.8 Å². The molecule has 5 amide bonds. The molecule has 0 spiro atoms. The Morgan fingerprint density at radius 1 is 0.933 bits per heavy atom. The van der Waals surface area contributed by atoms with Crippen LogP contribution in [0.25, 0.3) is 0 Å². The zero-order valence-electron chi connectivity index (χ0n) is 15.1. The maximum Gasteiger partial charge on any atom is 0.586 e. The summed E-state index contributed by atoms with van der Waals surface area (Å²) in [5, 5.41) is 2.35. The van der Waals surface area contributed by atoms with Crippen molar-refractivity contribution in [3.63, 3.8) is 0 Å². The summed E-state index contributed by atoms with van der Waals surface area (Å²) in [6.45, 7) is -0.835. The van der Waals surface area contributed by atoms with E-state index in [2.05, 4.69) is 14.8 Å². The molecule has 30 heavy (non-hydrogen) atoms. The van der Waals surface area contributed by atoms with E-state index in [1.807, 2.05) is 0 Å².